The highest BCUT2D eigenvalue weighted by Crippen LogP contribution is 2.28. The van der Waals surface area contributed by atoms with Crippen molar-refractivity contribution in [2.75, 3.05) is 31.1 Å². The predicted molar refractivity (Wildman–Crippen MR) is 95.0 cm³/mol. The number of aliphatic imine (C=N–C) groups is 1. The van der Waals surface area contributed by atoms with Crippen LogP contribution in [-0.4, -0.2) is 42.8 Å². The number of hydrogen-bond donors (Lipinski definition) is 0. The van der Waals surface area contributed by atoms with Gasteiger partial charge >= 0.3 is 0 Å². The van der Waals surface area contributed by atoms with E-state index in [1.54, 1.807) is 0 Å². The van der Waals surface area contributed by atoms with Crippen LogP contribution in [0.4, 0.5) is 5.69 Å². The van der Waals surface area contributed by atoms with Gasteiger partial charge in [-0.15, -0.1) is 0 Å². The summed E-state index contributed by atoms with van der Waals surface area (Å²) in [7, 11) is 0. The van der Waals surface area contributed by atoms with Gasteiger partial charge in [0.25, 0.3) is 0 Å². The molecule has 3 rings (SSSR count). The molecule has 0 N–H and O–H groups in total. The second-order valence-corrected chi connectivity index (χ2v) is 7.22. The molecule has 4 nitrogen and oxygen atoms in total. The van der Waals surface area contributed by atoms with Gasteiger partial charge in [0.15, 0.2) is 0 Å². The molecule has 0 bridgehead atoms. The van der Waals surface area contributed by atoms with Crippen LogP contribution in [0.15, 0.2) is 29.3 Å². The van der Waals surface area contributed by atoms with Crippen LogP contribution in [0.5, 0.6) is 0 Å². The molecule has 4 heteroatoms. The Morgan fingerprint density at radius 1 is 1.22 bits per heavy atom. The monoisotopic (exact) mass is 313 g/mol. The van der Waals surface area contributed by atoms with Crippen LogP contribution >= 0.6 is 0 Å². The number of carbonyl (C=O) groups is 1. The highest BCUT2D eigenvalue weighted by atomic mass is 16.2. The summed E-state index contributed by atoms with van der Waals surface area (Å²) in [5.74, 6) is 2.33. The number of benzene rings is 1. The average Bonchev–Trinajstić information content (AvgIpc) is 2.66. The molecular weight excluding hydrogens is 286 g/mol. The molecule has 0 saturated carbocycles. The third-order valence-electron chi connectivity index (χ3n) is 4.73. The molecule has 2 heterocycles. The zero-order chi connectivity index (χ0) is 16.4. The number of piperidine rings is 1. The van der Waals surface area contributed by atoms with Crippen molar-refractivity contribution < 1.29 is 4.79 Å². The number of fused-ring (bicyclic) bond motifs is 1. The summed E-state index contributed by atoms with van der Waals surface area (Å²) in [6.45, 7) is 9.68. The van der Waals surface area contributed by atoms with Gasteiger partial charge in [-0.05, 0) is 36.8 Å². The van der Waals surface area contributed by atoms with Crippen molar-refractivity contribution >= 4 is 17.4 Å². The van der Waals surface area contributed by atoms with E-state index < -0.39 is 0 Å². The Bertz CT molecular complexity index is 600. The van der Waals surface area contributed by atoms with E-state index in [-0.39, 0.29) is 12.5 Å². The van der Waals surface area contributed by atoms with Gasteiger partial charge in [0, 0.05) is 25.2 Å². The lowest BCUT2D eigenvalue weighted by Gasteiger charge is -2.33. The van der Waals surface area contributed by atoms with Crippen LogP contribution in [0.3, 0.4) is 0 Å². The molecule has 0 aromatic heterocycles. The number of rotatable bonds is 2. The first kappa shape index (κ1) is 16.0. The first-order valence-electron chi connectivity index (χ1n) is 8.75. The molecule has 0 atom stereocenters. The molecule has 0 unspecified atom stereocenters. The van der Waals surface area contributed by atoms with Gasteiger partial charge in [-0.3, -0.25) is 9.79 Å². The smallest absolute Gasteiger partial charge is 0.248 e. The molecule has 0 aliphatic carbocycles. The van der Waals surface area contributed by atoms with Crippen molar-refractivity contribution in [1.82, 2.24) is 4.90 Å². The Labute approximate surface area is 139 Å². The highest BCUT2D eigenvalue weighted by Gasteiger charge is 2.28. The van der Waals surface area contributed by atoms with E-state index in [9.17, 15) is 4.79 Å². The Balaban J connectivity index is 1.96. The topological polar surface area (TPSA) is 35.9 Å². The summed E-state index contributed by atoms with van der Waals surface area (Å²) in [5, 5.41) is 0. The Morgan fingerprint density at radius 2 is 1.91 bits per heavy atom. The molecule has 1 fully saturated rings. The number of anilines is 1. The molecule has 0 radical (unpaired) electrons. The lowest BCUT2D eigenvalue weighted by Crippen LogP contribution is -2.39. The van der Waals surface area contributed by atoms with Crippen molar-refractivity contribution in [3.8, 4) is 0 Å². The highest BCUT2D eigenvalue weighted by molar-refractivity contribution is 6.10. The van der Waals surface area contributed by atoms with Crippen molar-refractivity contribution in [2.24, 2.45) is 16.8 Å². The zero-order valence-corrected chi connectivity index (χ0v) is 14.5. The molecule has 23 heavy (non-hydrogen) atoms. The number of carbonyl (C=O) groups excluding carboxylic acids is 1. The van der Waals surface area contributed by atoms with Crippen molar-refractivity contribution in [3.05, 3.63) is 29.8 Å². The minimum absolute atomic E-state index is 0.103. The summed E-state index contributed by atoms with van der Waals surface area (Å²) in [5.41, 5.74) is 2.12. The Morgan fingerprint density at radius 3 is 2.61 bits per heavy atom. The minimum atomic E-state index is 0.103. The van der Waals surface area contributed by atoms with E-state index >= 15 is 0 Å². The van der Waals surface area contributed by atoms with Gasteiger partial charge < -0.3 is 9.80 Å². The zero-order valence-electron chi connectivity index (χ0n) is 14.5. The summed E-state index contributed by atoms with van der Waals surface area (Å²) in [6.07, 6.45) is 2.40. The molecule has 0 spiro atoms. The second-order valence-electron chi connectivity index (χ2n) is 7.22. The number of para-hydroxylation sites is 1. The fraction of sp³-hybridized carbons (Fsp3) is 0.579. The normalized spacial score (nSPS) is 19.7. The van der Waals surface area contributed by atoms with Gasteiger partial charge in [0.05, 0.1) is 5.69 Å². The van der Waals surface area contributed by atoms with Crippen LogP contribution < -0.4 is 4.90 Å². The maximum atomic E-state index is 12.6. The van der Waals surface area contributed by atoms with E-state index in [1.807, 2.05) is 17.0 Å². The van der Waals surface area contributed by atoms with Gasteiger partial charge in [-0.2, -0.15) is 0 Å². The summed E-state index contributed by atoms with van der Waals surface area (Å²) < 4.78 is 0. The number of amides is 1. The largest absolute Gasteiger partial charge is 0.356 e. The SMILES string of the molecule is CC(C)CN1C(=O)CN=C(N2CCC(C)CC2)c2ccccc21. The summed E-state index contributed by atoms with van der Waals surface area (Å²) >= 11 is 0. The van der Waals surface area contributed by atoms with Crippen LogP contribution in [-0.2, 0) is 4.79 Å². The van der Waals surface area contributed by atoms with E-state index in [1.165, 1.54) is 12.8 Å². The standard InChI is InChI=1S/C19H27N3O/c1-14(2)13-22-17-7-5-4-6-16(17)19(20-12-18(22)23)21-10-8-15(3)9-11-21/h4-7,14-15H,8-13H2,1-3H3. The van der Waals surface area contributed by atoms with E-state index in [0.717, 1.165) is 42.6 Å². The molecule has 124 valence electrons. The summed E-state index contributed by atoms with van der Waals surface area (Å²) in [6, 6.07) is 8.23. The lowest BCUT2D eigenvalue weighted by molar-refractivity contribution is -0.117. The first-order valence-corrected chi connectivity index (χ1v) is 8.75. The van der Waals surface area contributed by atoms with Crippen LogP contribution in [0, 0.1) is 11.8 Å². The molecular formula is C19H27N3O. The van der Waals surface area contributed by atoms with Crippen molar-refractivity contribution in [3.63, 3.8) is 0 Å². The van der Waals surface area contributed by atoms with E-state index in [2.05, 4.69) is 37.8 Å². The average molecular weight is 313 g/mol. The number of benzodiazepines with no additional fused rings is 1. The molecule has 1 amide bonds. The molecule has 1 saturated heterocycles. The maximum Gasteiger partial charge on any atom is 0.248 e. The van der Waals surface area contributed by atoms with Crippen molar-refractivity contribution in [1.29, 1.82) is 0 Å². The van der Waals surface area contributed by atoms with Gasteiger partial charge in [0.1, 0.15) is 12.4 Å². The van der Waals surface area contributed by atoms with Crippen molar-refractivity contribution in [2.45, 2.75) is 33.6 Å². The quantitative estimate of drug-likeness (QED) is 0.841. The molecule has 1 aromatic rings. The summed E-state index contributed by atoms with van der Waals surface area (Å²) in [4.78, 5) is 21.6. The third kappa shape index (κ3) is 3.41. The number of likely N-dealkylation sites (tertiary alicyclic amines) is 1. The van der Waals surface area contributed by atoms with Gasteiger partial charge in [-0.25, -0.2) is 0 Å². The Kier molecular flexibility index (Phi) is 4.69. The van der Waals surface area contributed by atoms with E-state index in [0.29, 0.717) is 5.92 Å². The molecule has 2 aliphatic rings. The number of amidine groups is 1. The second kappa shape index (κ2) is 6.73. The van der Waals surface area contributed by atoms with Gasteiger partial charge in [-0.1, -0.05) is 32.9 Å². The van der Waals surface area contributed by atoms with E-state index in [4.69, 9.17) is 4.99 Å². The number of hydrogen-bond acceptors (Lipinski definition) is 3. The predicted octanol–water partition coefficient (Wildman–Crippen LogP) is 3.17. The Hall–Kier alpha value is -1.84. The van der Waals surface area contributed by atoms with Crippen LogP contribution in [0.2, 0.25) is 0 Å². The minimum Gasteiger partial charge on any atom is -0.356 e. The van der Waals surface area contributed by atoms with Crippen LogP contribution in [0.1, 0.15) is 39.2 Å². The van der Waals surface area contributed by atoms with Gasteiger partial charge in [0.2, 0.25) is 5.91 Å². The fourth-order valence-electron chi connectivity index (χ4n) is 3.40. The maximum absolute atomic E-state index is 12.6. The number of nitrogens with zero attached hydrogens (tertiary/aromatic N) is 3. The third-order valence-corrected chi connectivity index (χ3v) is 4.73. The van der Waals surface area contributed by atoms with Crippen LogP contribution in [0.25, 0.3) is 0 Å². The lowest BCUT2D eigenvalue weighted by atomic mass is 9.98. The first-order chi connectivity index (χ1) is 11.1. The fourth-order valence-corrected chi connectivity index (χ4v) is 3.40. The molecule has 2 aliphatic heterocycles. The molecule has 1 aromatic carbocycles.